The molecule has 2 aromatic rings. The highest BCUT2D eigenvalue weighted by atomic mass is 35.5. The summed E-state index contributed by atoms with van der Waals surface area (Å²) >= 11 is 6.08. The van der Waals surface area contributed by atoms with E-state index in [9.17, 15) is 9.59 Å². The number of carbonyl (C=O) groups excluding carboxylic acids is 2. The fourth-order valence-electron chi connectivity index (χ4n) is 3.15. The number of methoxy groups -OCH3 is 1. The van der Waals surface area contributed by atoms with E-state index in [4.69, 9.17) is 16.3 Å². The molecule has 7 heteroatoms. The number of benzene rings is 1. The Labute approximate surface area is 163 Å². The van der Waals surface area contributed by atoms with E-state index in [0.717, 1.165) is 25.7 Å². The summed E-state index contributed by atoms with van der Waals surface area (Å²) in [6.07, 6.45) is 6.92. The number of amides is 2. The first kappa shape index (κ1) is 19.2. The maximum Gasteiger partial charge on any atom is 0.270 e. The molecule has 1 aromatic carbocycles. The second-order valence-corrected chi connectivity index (χ2v) is 6.95. The number of anilines is 1. The van der Waals surface area contributed by atoms with Crippen molar-refractivity contribution in [2.75, 3.05) is 12.4 Å². The molecule has 2 N–H and O–H groups in total. The van der Waals surface area contributed by atoms with Crippen LogP contribution in [0.5, 0.6) is 5.75 Å². The average Bonchev–Trinajstić information content (AvgIpc) is 2.69. The van der Waals surface area contributed by atoms with Crippen molar-refractivity contribution in [1.82, 2.24) is 10.3 Å². The van der Waals surface area contributed by atoms with Gasteiger partial charge in [0, 0.05) is 23.5 Å². The lowest BCUT2D eigenvalue weighted by Crippen LogP contribution is -2.36. The van der Waals surface area contributed by atoms with Gasteiger partial charge in [0.05, 0.1) is 12.1 Å². The molecule has 142 valence electrons. The molecule has 0 unspecified atom stereocenters. The minimum atomic E-state index is -0.342. The maximum atomic E-state index is 12.5. The molecular weight excluding hydrogens is 366 g/mol. The second kappa shape index (κ2) is 8.86. The van der Waals surface area contributed by atoms with Crippen molar-refractivity contribution in [1.29, 1.82) is 0 Å². The topological polar surface area (TPSA) is 80.3 Å². The third-order valence-electron chi connectivity index (χ3n) is 4.60. The van der Waals surface area contributed by atoms with Crippen LogP contribution in [0.15, 0.2) is 36.5 Å². The molecule has 0 atom stereocenters. The number of hydrogen-bond acceptors (Lipinski definition) is 4. The summed E-state index contributed by atoms with van der Waals surface area (Å²) in [5, 5.41) is 6.17. The van der Waals surface area contributed by atoms with Crippen LogP contribution in [0.1, 0.15) is 53.0 Å². The molecule has 1 aliphatic carbocycles. The number of nitrogens with zero attached hydrogens (tertiary/aromatic N) is 1. The number of ether oxygens (including phenoxy) is 1. The third-order valence-corrected chi connectivity index (χ3v) is 4.90. The SMILES string of the molecule is COc1ccc(NC(=O)c2ccnc(C(=O)NC3CCCCC3)c2)cc1Cl. The number of halogens is 1. The van der Waals surface area contributed by atoms with Crippen LogP contribution in [0.2, 0.25) is 5.02 Å². The van der Waals surface area contributed by atoms with Gasteiger partial charge in [0.1, 0.15) is 11.4 Å². The summed E-state index contributed by atoms with van der Waals surface area (Å²) in [6.45, 7) is 0. The zero-order chi connectivity index (χ0) is 19.2. The highest BCUT2D eigenvalue weighted by Gasteiger charge is 2.18. The molecule has 1 aliphatic rings. The first-order valence-electron chi connectivity index (χ1n) is 8.98. The standard InChI is InChI=1S/C20H22ClN3O3/c1-27-18-8-7-15(12-16(18)21)24-19(25)13-9-10-22-17(11-13)20(26)23-14-5-3-2-4-6-14/h7-12,14H,2-6H2,1H3,(H,23,26)(H,24,25). The Morgan fingerprint density at radius 2 is 1.89 bits per heavy atom. The molecule has 0 bridgehead atoms. The molecular formula is C20H22ClN3O3. The molecule has 0 aliphatic heterocycles. The Kier molecular flexibility index (Phi) is 6.29. The van der Waals surface area contributed by atoms with E-state index < -0.39 is 0 Å². The second-order valence-electron chi connectivity index (χ2n) is 6.54. The van der Waals surface area contributed by atoms with E-state index in [1.54, 1.807) is 24.3 Å². The summed E-state index contributed by atoms with van der Waals surface area (Å²) in [7, 11) is 1.52. The number of nitrogens with one attached hydrogen (secondary N) is 2. The van der Waals surface area contributed by atoms with Crippen LogP contribution in [-0.2, 0) is 0 Å². The largest absolute Gasteiger partial charge is 0.495 e. The predicted molar refractivity (Wildman–Crippen MR) is 105 cm³/mol. The van der Waals surface area contributed by atoms with Crippen LogP contribution < -0.4 is 15.4 Å². The van der Waals surface area contributed by atoms with Gasteiger partial charge in [0.25, 0.3) is 11.8 Å². The molecule has 0 saturated heterocycles. The maximum absolute atomic E-state index is 12.5. The van der Waals surface area contributed by atoms with Crippen molar-refractivity contribution < 1.29 is 14.3 Å². The average molecular weight is 388 g/mol. The lowest BCUT2D eigenvalue weighted by Gasteiger charge is -2.22. The lowest BCUT2D eigenvalue weighted by molar-refractivity contribution is 0.0922. The molecule has 0 spiro atoms. The van der Waals surface area contributed by atoms with Gasteiger partial charge in [-0.3, -0.25) is 14.6 Å². The fourth-order valence-corrected chi connectivity index (χ4v) is 3.41. The van der Waals surface area contributed by atoms with Crippen LogP contribution in [0.3, 0.4) is 0 Å². The normalized spacial score (nSPS) is 14.4. The summed E-state index contributed by atoms with van der Waals surface area (Å²) in [4.78, 5) is 29.0. The monoisotopic (exact) mass is 387 g/mol. The van der Waals surface area contributed by atoms with Crippen molar-refractivity contribution in [3.8, 4) is 5.75 Å². The molecule has 1 fully saturated rings. The van der Waals surface area contributed by atoms with Crippen molar-refractivity contribution >= 4 is 29.1 Å². The zero-order valence-electron chi connectivity index (χ0n) is 15.1. The van der Waals surface area contributed by atoms with Crippen LogP contribution in [-0.4, -0.2) is 29.9 Å². The van der Waals surface area contributed by atoms with E-state index in [1.165, 1.54) is 25.8 Å². The first-order valence-corrected chi connectivity index (χ1v) is 9.36. The van der Waals surface area contributed by atoms with E-state index in [1.807, 2.05) is 0 Å². The molecule has 1 aromatic heterocycles. The fraction of sp³-hybridized carbons (Fsp3) is 0.350. The lowest BCUT2D eigenvalue weighted by atomic mass is 9.95. The highest BCUT2D eigenvalue weighted by molar-refractivity contribution is 6.32. The van der Waals surface area contributed by atoms with Gasteiger partial charge in [-0.1, -0.05) is 30.9 Å². The molecule has 6 nitrogen and oxygen atoms in total. The molecule has 27 heavy (non-hydrogen) atoms. The molecule has 1 saturated carbocycles. The van der Waals surface area contributed by atoms with Gasteiger partial charge in [-0.25, -0.2) is 0 Å². The number of rotatable bonds is 5. The van der Waals surface area contributed by atoms with Crippen LogP contribution in [0, 0.1) is 0 Å². The van der Waals surface area contributed by atoms with E-state index in [2.05, 4.69) is 15.6 Å². The van der Waals surface area contributed by atoms with Gasteiger partial charge in [-0.05, 0) is 43.2 Å². The van der Waals surface area contributed by atoms with Gasteiger partial charge in [-0.2, -0.15) is 0 Å². The molecule has 3 rings (SSSR count). The number of carbonyl (C=O) groups is 2. The van der Waals surface area contributed by atoms with Crippen LogP contribution in [0.25, 0.3) is 0 Å². The number of hydrogen-bond donors (Lipinski definition) is 2. The predicted octanol–water partition coefficient (Wildman–Crippen LogP) is 4.06. The summed E-state index contributed by atoms with van der Waals surface area (Å²) in [6, 6.07) is 8.23. The summed E-state index contributed by atoms with van der Waals surface area (Å²) in [5.74, 6) is -0.0605. The van der Waals surface area contributed by atoms with Crippen LogP contribution >= 0.6 is 11.6 Å². The van der Waals surface area contributed by atoms with E-state index >= 15 is 0 Å². The summed E-state index contributed by atoms with van der Waals surface area (Å²) < 4.78 is 5.10. The Balaban J connectivity index is 1.67. The smallest absolute Gasteiger partial charge is 0.270 e. The van der Waals surface area contributed by atoms with Crippen molar-refractivity contribution in [2.24, 2.45) is 0 Å². The van der Waals surface area contributed by atoms with Crippen LogP contribution in [0.4, 0.5) is 5.69 Å². The van der Waals surface area contributed by atoms with Gasteiger partial charge < -0.3 is 15.4 Å². The Bertz CT molecular complexity index is 835. The van der Waals surface area contributed by atoms with Crippen molar-refractivity contribution in [3.63, 3.8) is 0 Å². The Morgan fingerprint density at radius 1 is 1.11 bits per heavy atom. The number of aromatic nitrogens is 1. The minimum Gasteiger partial charge on any atom is -0.495 e. The van der Waals surface area contributed by atoms with Crippen molar-refractivity contribution in [3.05, 3.63) is 52.8 Å². The molecule has 2 amide bonds. The molecule has 0 radical (unpaired) electrons. The quantitative estimate of drug-likeness (QED) is 0.810. The highest BCUT2D eigenvalue weighted by Crippen LogP contribution is 2.27. The Morgan fingerprint density at radius 3 is 2.59 bits per heavy atom. The van der Waals surface area contributed by atoms with Gasteiger partial charge >= 0.3 is 0 Å². The number of pyridine rings is 1. The van der Waals surface area contributed by atoms with Gasteiger partial charge in [-0.15, -0.1) is 0 Å². The van der Waals surface area contributed by atoms with Gasteiger partial charge in [0.15, 0.2) is 0 Å². The van der Waals surface area contributed by atoms with E-state index in [-0.39, 0.29) is 23.6 Å². The van der Waals surface area contributed by atoms with Crippen molar-refractivity contribution in [2.45, 2.75) is 38.1 Å². The minimum absolute atomic E-state index is 0.187. The van der Waals surface area contributed by atoms with E-state index in [0.29, 0.717) is 22.0 Å². The first-order chi connectivity index (χ1) is 13.1. The Hall–Kier alpha value is -2.60. The molecule has 1 heterocycles. The van der Waals surface area contributed by atoms with Gasteiger partial charge in [0.2, 0.25) is 0 Å². The third kappa shape index (κ3) is 4.98. The summed E-state index contributed by atoms with van der Waals surface area (Å²) in [5.41, 5.74) is 1.13. The zero-order valence-corrected chi connectivity index (χ0v) is 15.9.